The number of carboxylic acids is 2. The van der Waals surface area contributed by atoms with Crippen LogP contribution >= 0.6 is 0 Å². The Morgan fingerprint density at radius 2 is 1.67 bits per heavy atom. The van der Waals surface area contributed by atoms with Crippen LogP contribution in [0.15, 0.2) is 36.0 Å². The van der Waals surface area contributed by atoms with Gasteiger partial charge in [0.05, 0.1) is 17.8 Å². The molecule has 116 valence electrons. The first-order valence-electron chi connectivity index (χ1n) is 6.60. The summed E-state index contributed by atoms with van der Waals surface area (Å²) in [5.41, 5.74) is -0.206. The van der Waals surface area contributed by atoms with Crippen LogP contribution in [0.4, 0.5) is 0 Å². The molecule has 0 aromatic heterocycles. The van der Waals surface area contributed by atoms with Crippen molar-refractivity contribution in [3.63, 3.8) is 0 Å². The van der Waals surface area contributed by atoms with Crippen molar-refractivity contribution in [3.8, 4) is 0 Å². The third-order valence-electron chi connectivity index (χ3n) is 2.52. The lowest BCUT2D eigenvalue weighted by Gasteiger charge is -2.07. The molecular formula is C15H20O6. The Hall–Kier alpha value is -2.37. The first kappa shape index (κ1) is 18.6. The molecule has 1 aliphatic rings. The molecule has 1 rings (SSSR count). The van der Waals surface area contributed by atoms with E-state index in [4.69, 9.17) is 10.2 Å². The molecule has 0 amide bonds. The maximum Gasteiger partial charge on any atom is 0.336 e. The van der Waals surface area contributed by atoms with Gasteiger partial charge in [-0.15, -0.1) is 0 Å². The van der Waals surface area contributed by atoms with E-state index in [0.717, 1.165) is 12.8 Å². The predicted molar refractivity (Wildman–Crippen MR) is 76.7 cm³/mol. The van der Waals surface area contributed by atoms with E-state index in [9.17, 15) is 14.4 Å². The fraction of sp³-hybridized carbons (Fsp3) is 0.400. The highest BCUT2D eigenvalue weighted by molar-refractivity contribution is 6.05. The largest absolute Gasteiger partial charge is 0.478 e. The Balaban J connectivity index is 0.000000400. The summed E-state index contributed by atoms with van der Waals surface area (Å²) < 4.78 is 4.67. The smallest absolute Gasteiger partial charge is 0.336 e. The van der Waals surface area contributed by atoms with Gasteiger partial charge in [0.15, 0.2) is 0 Å². The average molecular weight is 296 g/mol. The molecule has 1 aliphatic carbocycles. The van der Waals surface area contributed by atoms with Crippen molar-refractivity contribution in [1.82, 2.24) is 0 Å². The van der Waals surface area contributed by atoms with Crippen LogP contribution in [0.25, 0.3) is 0 Å². The number of hydrogen-bond acceptors (Lipinski definition) is 4. The van der Waals surface area contributed by atoms with Gasteiger partial charge < -0.3 is 14.9 Å². The number of allylic oxidation sites excluding steroid dienone is 2. The van der Waals surface area contributed by atoms with E-state index in [1.165, 1.54) is 18.2 Å². The summed E-state index contributed by atoms with van der Waals surface area (Å²) in [4.78, 5) is 31.3. The van der Waals surface area contributed by atoms with Gasteiger partial charge in [-0.1, -0.05) is 32.1 Å². The minimum absolute atomic E-state index is 0.103. The SMILES string of the molecule is C=CC(=O)OCCCC.O=C(O)C1=CCCC=C1C(=O)O. The van der Waals surface area contributed by atoms with Crippen LogP contribution in [0.2, 0.25) is 0 Å². The summed E-state index contributed by atoms with van der Waals surface area (Å²) in [7, 11) is 0. The second-order valence-electron chi connectivity index (χ2n) is 4.15. The molecule has 0 radical (unpaired) electrons. The third-order valence-corrected chi connectivity index (χ3v) is 2.52. The first-order valence-corrected chi connectivity index (χ1v) is 6.60. The first-order chi connectivity index (χ1) is 9.93. The van der Waals surface area contributed by atoms with Gasteiger partial charge in [-0.2, -0.15) is 0 Å². The molecule has 0 aliphatic heterocycles. The van der Waals surface area contributed by atoms with Crippen LogP contribution in [-0.2, 0) is 19.1 Å². The molecule has 0 saturated carbocycles. The number of unbranched alkanes of at least 4 members (excludes halogenated alkanes) is 1. The Morgan fingerprint density at radius 1 is 1.19 bits per heavy atom. The van der Waals surface area contributed by atoms with Crippen LogP contribution in [-0.4, -0.2) is 34.7 Å². The molecule has 6 heteroatoms. The Bertz CT molecular complexity index is 429. The summed E-state index contributed by atoms with van der Waals surface area (Å²) >= 11 is 0. The molecule has 0 atom stereocenters. The van der Waals surface area contributed by atoms with E-state index in [0.29, 0.717) is 19.4 Å². The van der Waals surface area contributed by atoms with Crippen molar-refractivity contribution in [3.05, 3.63) is 36.0 Å². The van der Waals surface area contributed by atoms with Gasteiger partial charge in [0.25, 0.3) is 0 Å². The van der Waals surface area contributed by atoms with Crippen LogP contribution in [0.1, 0.15) is 32.6 Å². The van der Waals surface area contributed by atoms with E-state index in [1.54, 1.807) is 0 Å². The van der Waals surface area contributed by atoms with Crippen LogP contribution in [0.3, 0.4) is 0 Å². The highest BCUT2D eigenvalue weighted by Crippen LogP contribution is 2.18. The van der Waals surface area contributed by atoms with Crippen molar-refractivity contribution in [2.45, 2.75) is 32.6 Å². The number of esters is 1. The van der Waals surface area contributed by atoms with Crippen molar-refractivity contribution in [2.75, 3.05) is 6.61 Å². The Morgan fingerprint density at radius 3 is 2.00 bits per heavy atom. The molecule has 21 heavy (non-hydrogen) atoms. The summed E-state index contributed by atoms with van der Waals surface area (Å²) in [5.74, 6) is -2.69. The lowest BCUT2D eigenvalue weighted by Crippen LogP contribution is -2.13. The number of carbonyl (C=O) groups excluding carboxylic acids is 1. The van der Waals surface area contributed by atoms with Crippen molar-refractivity contribution < 1.29 is 29.3 Å². The van der Waals surface area contributed by atoms with Crippen molar-refractivity contribution in [2.24, 2.45) is 0 Å². The quantitative estimate of drug-likeness (QED) is 0.443. The van der Waals surface area contributed by atoms with Crippen LogP contribution in [0.5, 0.6) is 0 Å². The van der Waals surface area contributed by atoms with E-state index in [2.05, 4.69) is 11.3 Å². The van der Waals surface area contributed by atoms with Gasteiger partial charge >= 0.3 is 17.9 Å². The highest BCUT2D eigenvalue weighted by Gasteiger charge is 2.20. The summed E-state index contributed by atoms with van der Waals surface area (Å²) in [5, 5.41) is 17.2. The Labute approximate surface area is 123 Å². The lowest BCUT2D eigenvalue weighted by molar-refractivity contribution is -0.138. The highest BCUT2D eigenvalue weighted by atomic mass is 16.5. The predicted octanol–water partition coefficient (Wildman–Crippen LogP) is 2.32. The third kappa shape index (κ3) is 7.71. The van der Waals surface area contributed by atoms with Gasteiger partial charge in [0.2, 0.25) is 0 Å². The zero-order valence-electron chi connectivity index (χ0n) is 12.0. The molecule has 2 N–H and O–H groups in total. The van der Waals surface area contributed by atoms with E-state index < -0.39 is 11.9 Å². The maximum absolute atomic E-state index is 10.5. The minimum Gasteiger partial charge on any atom is -0.478 e. The number of hydrogen-bond donors (Lipinski definition) is 2. The topological polar surface area (TPSA) is 101 Å². The van der Waals surface area contributed by atoms with Gasteiger partial charge in [-0.25, -0.2) is 14.4 Å². The zero-order valence-corrected chi connectivity index (χ0v) is 12.0. The second kappa shape index (κ2) is 10.4. The number of rotatable bonds is 6. The van der Waals surface area contributed by atoms with Gasteiger partial charge in [0.1, 0.15) is 0 Å². The molecule has 0 heterocycles. The molecule has 6 nitrogen and oxygen atoms in total. The molecule has 0 saturated heterocycles. The molecule has 0 aromatic rings. The monoisotopic (exact) mass is 296 g/mol. The summed E-state index contributed by atoms with van der Waals surface area (Å²) in [6.45, 7) is 5.82. The number of carboxylic acid groups (broad SMARTS) is 2. The van der Waals surface area contributed by atoms with Crippen LogP contribution in [0, 0.1) is 0 Å². The van der Waals surface area contributed by atoms with E-state index in [1.807, 2.05) is 6.92 Å². The molecule has 0 bridgehead atoms. The fourth-order valence-electron chi connectivity index (χ4n) is 1.46. The fourth-order valence-corrected chi connectivity index (χ4v) is 1.46. The van der Waals surface area contributed by atoms with Crippen molar-refractivity contribution in [1.29, 1.82) is 0 Å². The van der Waals surface area contributed by atoms with Gasteiger partial charge in [-0.05, 0) is 19.3 Å². The number of aliphatic carboxylic acids is 2. The number of ether oxygens (including phenoxy) is 1. The molecule has 0 unspecified atom stereocenters. The van der Waals surface area contributed by atoms with Gasteiger partial charge in [0, 0.05) is 6.08 Å². The lowest BCUT2D eigenvalue weighted by atomic mass is 9.98. The molecular weight excluding hydrogens is 276 g/mol. The zero-order chi connectivity index (χ0) is 16.3. The maximum atomic E-state index is 10.5. The Kier molecular flexibility index (Phi) is 9.25. The minimum atomic E-state index is -1.18. The molecule has 0 fully saturated rings. The molecule has 0 spiro atoms. The summed E-state index contributed by atoms with van der Waals surface area (Å²) in [6.07, 6.45) is 7.22. The number of carbonyl (C=O) groups is 3. The van der Waals surface area contributed by atoms with Crippen molar-refractivity contribution >= 4 is 17.9 Å². The molecule has 0 aromatic carbocycles. The summed E-state index contributed by atoms with van der Waals surface area (Å²) in [6, 6.07) is 0. The second-order valence-corrected chi connectivity index (χ2v) is 4.15. The van der Waals surface area contributed by atoms with E-state index in [-0.39, 0.29) is 17.1 Å². The van der Waals surface area contributed by atoms with E-state index >= 15 is 0 Å². The average Bonchev–Trinajstić information content (AvgIpc) is 2.47. The van der Waals surface area contributed by atoms with Gasteiger partial charge in [-0.3, -0.25) is 0 Å². The van der Waals surface area contributed by atoms with Crippen LogP contribution < -0.4 is 0 Å². The standard InChI is InChI=1S/C8H8O4.C7H12O2/c9-7(10)5-3-1-2-4-6(5)8(11)12;1-3-5-6-9-7(8)4-2/h3-4H,1-2H2,(H,9,10)(H,11,12);4H,2-3,5-6H2,1H3. The normalized spacial score (nSPS) is 13.0.